The van der Waals surface area contributed by atoms with Crippen LogP contribution in [0.25, 0.3) is 45.1 Å². The molecule has 2 aliphatic heterocycles. The molecule has 2 saturated heterocycles. The Labute approximate surface area is 381 Å². The highest BCUT2D eigenvalue weighted by atomic mass is 35.5. The summed E-state index contributed by atoms with van der Waals surface area (Å²) in [6, 6.07) is 18.8. The van der Waals surface area contributed by atoms with Gasteiger partial charge in [0, 0.05) is 95.2 Å². The van der Waals surface area contributed by atoms with Crippen LogP contribution in [0.1, 0.15) is 5.89 Å². The Hall–Kier alpha value is -7.32. The van der Waals surface area contributed by atoms with Gasteiger partial charge in [-0.05, 0) is 48.5 Å². The number of hydrogen-bond acceptors (Lipinski definition) is 16. The summed E-state index contributed by atoms with van der Waals surface area (Å²) >= 11 is 12.3. The van der Waals surface area contributed by atoms with Crippen LogP contribution in [-0.4, -0.2) is 138 Å². The molecule has 0 N–H and O–H groups in total. The largest absolute Gasteiger partial charge is 0.495 e. The van der Waals surface area contributed by atoms with E-state index in [9.17, 15) is 9.59 Å². The Morgan fingerprint density at radius 2 is 1.14 bits per heavy atom. The van der Waals surface area contributed by atoms with Gasteiger partial charge in [0.05, 0.1) is 35.0 Å². The maximum Gasteiger partial charge on any atom is 0.244 e. The van der Waals surface area contributed by atoms with E-state index in [1.807, 2.05) is 70.5 Å². The summed E-state index contributed by atoms with van der Waals surface area (Å²) in [6.45, 7) is 7.15. The van der Waals surface area contributed by atoms with E-state index in [0.717, 1.165) is 22.1 Å². The van der Waals surface area contributed by atoms with Crippen molar-refractivity contribution in [3.8, 4) is 34.5 Å². The molecular formula is C43H42Cl2N14O6. The number of rotatable bonds is 10. The minimum Gasteiger partial charge on any atom is -0.495 e. The molecule has 2 aliphatic rings. The average molecular weight is 922 g/mol. The molecule has 334 valence electrons. The zero-order valence-electron chi connectivity index (χ0n) is 35.5. The SMILES string of the molecule is COc1cc(N2CCN(C(=O)Cn3nc(-c4ncon4)c4cccnc43)CC2)ccc1Cl.COc1cc(N2CCN(C(=O)Cn3nc(-c4noc(C)n4)c4cccnc43)CC2)ccc1Cl. The summed E-state index contributed by atoms with van der Waals surface area (Å²) in [7, 11) is 3.19. The molecule has 10 rings (SSSR count). The Bertz CT molecular complexity index is 2960. The summed E-state index contributed by atoms with van der Waals surface area (Å²) in [6.07, 6.45) is 4.59. The molecule has 0 bridgehead atoms. The van der Waals surface area contributed by atoms with Crippen LogP contribution in [0.4, 0.5) is 11.4 Å². The molecule has 22 heteroatoms. The van der Waals surface area contributed by atoms with Gasteiger partial charge in [-0.15, -0.1) is 0 Å². The lowest BCUT2D eigenvalue weighted by Crippen LogP contribution is -2.49. The van der Waals surface area contributed by atoms with Gasteiger partial charge in [-0.2, -0.15) is 20.2 Å². The van der Waals surface area contributed by atoms with Gasteiger partial charge in [-0.25, -0.2) is 19.3 Å². The molecule has 20 nitrogen and oxygen atoms in total. The summed E-state index contributed by atoms with van der Waals surface area (Å²) < 4.78 is 23.8. The minimum atomic E-state index is -0.0203. The predicted molar refractivity (Wildman–Crippen MR) is 240 cm³/mol. The molecule has 2 amide bonds. The van der Waals surface area contributed by atoms with E-state index in [2.05, 4.69) is 50.2 Å². The lowest BCUT2D eigenvalue weighted by atomic mass is 10.2. The van der Waals surface area contributed by atoms with Crippen LogP contribution in [0.5, 0.6) is 11.5 Å². The number of amides is 2. The van der Waals surface area contributed by atoms with Crippen LogP contribution >= 0.6 is 23.2 Å². The first-order valence-corrected chi connectivity index (χ1v) is 21.4. The number of anilines is 2. The van der Waals surface area contributed by atoms with E-state index < -0.39 is 0 Å². The Morgan fingerprint density at radius 1 is 0.646 bits per heavy atom. The van der Waals surface area contributed by atoms with E-state index in [1.54, 1.807) is 42.9 Å². The molecule has 2 fully saturated rings. The van der Waals surface area contributed by atoms with Gasteiger partial charge in [0.25, 0.3) is 0 Å². The van der Waals surface area contributed by atoms with Crippen molar-refractivity contribution in [2.24, 2.45) is 0 Å². The highest BCUT2D eigenvalue weighted by Crippen LogP contribution is 2.32. The van der Waals surface area contributed by atoms with Crippen molar-refractivity contribution < 1.29 is 28.1 Å². The minimum absolute atomic E-state index is 0.0192. The molecule has 6 aromatic heterocycles. The molecule has 65 heavy (non-hydrogen) atoms. The number of nitrogens with zero attached hydrogens (tertiary/aromatic N) is 14. The maximum atomic E-state index is 13.1. The Morgan fingerprint density at radius 3 is 1.57 bits per heavy atom. The smallest absolute Gasteiger partial charge is 0.244 e. The lowest BCUT2D eigenvalue weighted by molar-refractivity contribution is -0.133. The molecule has 0 radical (unpaired) electrons. The number of pyridine rings is 2. The number of ether oxygens (including phenoxy) is 2. The van der Waals surface area contributed by atoms with E-state index in [-0.39, 0.29) is 24.9 Å². The number of piperazine rings is 2. The monoisotopic (exact) mass is 920 g/mol. The average Bonchev–Trinajstić information content (AvgIpc) is 4.17. The van der Waals surface area contributed by atoms with Crippen LogP contribution in [0.15, 0.2) is 88.5 Å². The van der Waals surface area contributed by atoms with Gasteiger partial charge in [0.1, 0.15) is 36.0 Å². The Kier molecular flexibility index (Phi) is 12.4. The number of methoxy groups -OCH3 is 2. The number of carbonyl (C=O) groups is 2. The predicted octanol–water partition coefficient (Wildman–Crippen LogP) is 5.29. The number of fused-ring (bicyclic) bond motifs is 2. The maximum absolute atomic E-state index is 13.1. The van der Waals surface area contributed by atoms with Gasteiger partial charge >= 0.3 is 0 Å². The lowest BCUT2D eigenvalue weighted by Gasteiger charge is -2.36. The third-order valence-corrected chi connectivity index (χ3v) is 11.8. The van der Waals surface area contributed by atoms with Crippen LogP contribution in [-0.2, 0) is 22.7 Å². The molecule has 0 unspecified atom stereocenters. The topological polar surface area (TPSA) is 205 Å². The van der Waals surface area contributed by atoms with E-state index >= 15 is 0 Å². The second kappa shape index (κ2) is 18.8. The second-order valence-electron chi connectivity index (χ2n) is 15.0. The van der Waals surface area contributed by atoms with Crippen molar-refractivity contribution in [2.45, 2.75) is 20.0 Å². The van der Waals surface area contributed by atoms with Crippen molar-refractivity contribution >= 4 is 68.5 Å². The van der Waals surface area contributed by atoms with Crippen LogP contribution in [0.3, 0.4) is 0 Å². The standard InChI is InChI=1S/C22H22ClN7O3.C21H20ClN7O3/c1-14-25-21(27-33-14)20-16-4-3-7-24-22(16)30(26-20)13-19(31)29-10-8-28(9-11-29)15-5-6-17(23)18(12-15)32-2;1-31-17-11-14(4-5-16(17)22)27-7-9-28(10-8-27)18(30)12-29-21-15(3-2-6-23-21)19(25-29)20-24-13-32-26-20/h3-7,12H,8-11,13H2,1-2H3;2-6,11,13H,7-10,12H2,1H3. The van der Waals surface area contributed by atoms with Gasteiger partial charge < -0.3 is 38.1 Å². The number of aromatic nitrogens is 10. The van der Waals surface area contributed by atoms with E-state index in [0.29, 0.717) is 114 Å². The normalized spacial score (nSPS) is 14.2. The zero-order valence-corrected chi connectivity index (χ0v) is 37.1. The first-order valence-electron chi connectivity index (χ1n) is 20.6. The molecule has 2 aromatic carbocycles. The molecule has 0 spiro atoms. The van der Waals surface area contributed by atoms with Crippen molar-refractivity contribution in [3.63, 3.8) is 0 Å². The first kappa shape index (κ1) is 43.0. The fraction of sp³-hybridized carbons (Fsp3) is 0.302. The molecule has 0 aliphatic carbocycles. The summed E-state index contributed by atoms with van der Waals surface area (Å²) in [5.74, 6) is 2.42. The van der Waals surface area contributed by atoms with Crippen LogP contribution < -0.4 is 19.3 Å². The van der Waals surface area contributed by atoms with Gasteiger partial charge in [0.2, 0.25) is 35.7 Å². The van der Waals surface area contributed by atoms with Gasteiger partial charge in [0.15, 0.2) is 11.3 Å². The quantitative estimate of drug-likeness (QED) is 0.171. The van der Waals surface area contributed by atoms with E-state index in [4.69, 9.17) is 41.7 Å². The molecular weight excluding hydrogens is 879 g/mol. The number of aryl methyl sites for hydroxylation is 1. The number of hydrogen-bond donors (Lipinski definition) is 0. The third-order valence-electron chi connectivity index (χ3n) is 11.2. The van der Waals surface area contributed by atoms with Gasteiger partial charge in [-0.1, -0.05) is 33.5 Å². The number of halogens is 2. The highest BCUT2D eigenvalue weighted by molar-refractivity contribution is 6.32. The fourth-order valence-corrected chi connectivity index (χ4v) is 8.20. The Balaban J connectivity index is 0.000000164. The molecule has 8 aromatic rings. The van der Waals surface area contributed by atoms with Crippen LogP contribution in [0.2, 0.25) is 10.0 Å². The molecule has 8 heterocycles. The fourth-order valence-electron chi connectivity index (χ4n) is 7.81. The summed E-state index contributed by atoms with van der Waals surface area (Å²) in [4.78, 5) is 51.4. The first-order chi connectivity index (χ1) is 31.7. The van der Waals surface area contributed by atoms with Crippen molar-refractivity contribution in [1.82, 2.24) is 59.6 Å². The zero-order chi connectivity index (χ0) is 45.0. The summed E-state index contributed by atoms with van der Waals surface area (Å²) in [5.41, 5.74) is 4.33. The second-order valence-corrected chi connectivity index (χ2v) is 15.8. The van der Waals surface area contributed by atoms with Gasteiger partial charge in [-0.3, -0.25) is 9.59 Å². The molecule has 0 saturated carbocycles. The third kappa shape index (κ3) is 9.07. The van der Waals surface area contributed by atoms with Crippen molar-refractivity contribution in [1.29, 1.82) is 0 Å². The number of carbonyl (C=O) groups excluding carboxylic acids is 2. The van der Waals surface area contributed by atoms with Crippen LogP contribution in [0, 0.1) is 6.92 Å². The van der Waals surface area contributed by atoms with E-state index in [1.165, 1.54) is 6.39 Å². The highest BCUT2D eigenvalue weighted by Gasteiger charge is 2.27. The summed E-state index contributed by atoms with van der Waals surface area (Å²) in [5, 5.41) is 19.6. The van der Waals surface area contributed by atoms with Crippen molar-refractivity contribution in [3.05, 3.63) is 95.4 Å². The van der Waals surface area contributed by atoms with Crippen molar-refractivity contribution in [2.75, 3.05) is 76.4 Å². The molecule has 0 atom stereocenters. The number of benzene rings is 2.